The molecule has 0 bridgehead atoms. The predicted octanol–water partition coefficient (Wildman–Crippen LogP) is 2.40. The fourth-order valence-electron chi connectivity index (χ4n) is 3.12. The van der Waals surface area contributed by atoms with Crippen LogP contribution in [0, 0.1) is 0 Å². The van der Waals surface area contributed by atoms with Gasteiger partial charge in [-0.2, -0.15) is 0 Å². The minimum atomic E-state index is 0.207. The average Bonchev–Trinajstić information content (AvgIpc) is 2.98. The second-order valence-electron chi connectivity index (χ2n) is 6.00. The molecule has 0 unspecified atom stereocenters. The number of anilines is 1. The number of morpholine rings is 1. The van der Waals surface area contributed by atoms with E-state index in [9.17, 15) is 0 Å². The van der Waals surface area contributed by atoms with Gasteiger partial charge in [-0.1, -0.05) is 0 Å². The van der Waals surface area contributed by atoms with E-state index in [1.54, 1.807) is 12.4 Å². The van der Waals surface area contributed by atoms with Gasteiger partial charge in [-0.15, -0.1) is 5.10 Å². The molecule has 0 aliphatic carbocycles. The van der Waals surface area contributed by atoms with Gasteiger partial charge in [-0.05, 0) is 38.1 Å². The molecule has 6 heteroatoms. The highest BCUT2D eigenvalue weighted by atomic mass is 16.5. The molecule has 4 rings (SSSR count). The molecule has 2 atom stereocenters. The van der Waals surface area contributed by atoms with Crippen LogP contribution >= 0.6 is 0 Å². The van der Waals surface area contributed by atoms with Crippen LogP contribution in [0.2, 0.25) is 0 Å². The second-order valence-corrected chi connectivity index (χ2v) is 6.00. The molecular weight excluding hydrogens is 290 g/mol. The molecule has 1 aliphatic rings. The fraction of sp³-hybridized carbons (Fsp3) is 0.353. The molecule has 0 amide bonds. The zero-order valence-corrected chi connectivity index (χ0v) is 13.3. The molecule has 4 heterocycles. The van der Waals surface area contributed by atoms with Crippen molar-refractivity contribution in [1.82, 2.24) is 19.6 Å². The molecule has 3 aromatic rings. The summed E-state index contributed by atoms with van der Waals surface area (Å²) in [6.07, 6.45) is 5.83. The molecule has 1 aliphatic heterocycles. The van der Waals surface area contributed by atoms with E-state index in [-0.39, 0.29) is 12.2 Å². The lowest BCUT2D eigenvalue weighted by Crippen LogP contribution is -2.46. The predicted molar refractivity (Wildman–Crippen MR) is 88.4 cm³/mol. The molecule has 0 spiro atoms. The quantitative estimate of drug-likeness (QED) is 0.727. The van der Waals surface area contributed by atoms with Gasteiger partial charge in [0, 0.05) is 31.0 Å². The summed E-state index contributed by atoms with van der Waals surface area (Å²) in [7, 11) is 0. The lowest BCUT2D eigenvalue weighted by Gasteiger charge is -2.35. The number of hydrogen-bond acceptors (Lipinski definition) is 5. The van der Waals surface area contributed by atoms with E-state index in [4.69, 9.17) is 9.84 Å². The summed E-state index contributed by atoms with van der Waals surface area (Å²) in [5, 5.41) is 4.81. The number of hydrogen-bond donors (Lipinski definition) is 0. The van der Waals surface area contributed by atoms with Crippen molar-refractivity contribution >= 4 is 11.5 Å². The smallest absolute Gasteiger partial charge is 0.154 e. The Labute approximate surface area is 134 Å². The number of nitrogens with zero attached hydrogens (tertiary/aromatic N) is 5. The van der Waals surface area contributed by atoms with Crippen molar-refractivity contribution in [2.24, 2.45) is 0 Å². The first-order valence-corrected chi connectivity index (χ1v) is 7.86. The van der Waals surface area contributed by atoms with Crippen molar-refractivity contribution in [1.29, 1.82) is 0 Å². The largest absolute Gasteiger partial charge is 0.372 e. The molecule has 6 nitrogen and oxygen atoms in total. The Kier molecular flexibility index (Phi) is 3.46. The molecule has 1 fully saturated rings. The van der Waals surface area contributed by atoms with E-state index in [0.717, 1.165) is 35.8 Å². The van der Waals surface area contributed by atoms with Crippen LogP contribution in [0.1, 0.15) is 13.8 Å². The third kappa shape index (κ3) is 2.66. The van der Waals surface area contributed by atoms with Crippen molar-refractivity contribution in [3.8, 4) is 11.3 Å². The Hall–Kier alpha value is -2.47. The zero-order valence-electron chi connectivity index (χ0n) is 13.3. The highest BCUT2D eigenvalue weighted by Crippen LogP contribution is 2.23. The summed E-state index contributed by atoms with van der Waals surface area (Å²) < 4.78 is 7.71. The Bertz CT molecular complexity index is 806. The van der Waals surface area contributed by atoms with Crippen LogP contribution in [0.3, 0.4) is 0 Å². The van der Waals surface area contributed by atoms with Crippen molar-refractivity contribution in [2.45, 2.75) is 26.1 Å². The lowest BCUT2D eigenvalue weighted by atomic mass is 10.2. The highest BCUT2D eigenvalue weighted by molar-refractivity contribution is 5.63. The number of pyridine rings is 1. The fourth-order valence-corrected chi connectivity index (χ4v) is 3.12. The van der Waals surface area contributed by atoms with Crippen molar-refractivity contribution in [3.05, 3.63) is 42.9 Å². The van der Waals surface area contributed by atoms with Gasteiger partial charge in [0.1, 0.15) is 5.82 Å². The molecule has 0 aromatic carbocycles. The van der Waals surface area contributed by atoms with Crippen LogP contribution in [0.15, 0.2) is 42.9 Å². The normalized spacial score (nSPS) is 21.7. The van der Waals surface area contributed by atoms with Crippen LogP contribution in [-0.4, -0.2) is 44.9 Å². The van der Waals surface area contributed by atoms with Crippen molar-refractivity contribution in [2.75, 3.05) is 18.0 Å². The maximum atomic E-state index is 5.81. The van der Waals surface area contributed by atoms with E-state index in [0.29, 0.717) is 0 Å². The molecule has 23 heavy (non-hydrogen) atoms. The monoisotopic (exact) mass is 309 g/mol. The van der Waals surface area contributed by atoms with Gasteiger partial charge < -0.3 is 9.64 Å². The number of aromatic nitrogens is 4. The second kappa shape index (κ2) is 5.62. The minimum Gasteiger partial charge on any atom is -0.372 e. The first kappa shape index (κ1) is 14.1. The SMILES string of the molecule is C[C@@H]1CN(c2ccc3ncc(-c4ccncc4)n3n2)C[C@H](C)O1. The van der Waals surface area contributed by atoms with Crippen LogP contribution < -0.4 is 4.90 Å². The summed E-state index contributed by atoms with van der Waals surface area (Å²) in [6, 6.07) is 7.98. The van der Waals surface area contributed by atoms with Gasteiger partial charge in [0.25, 0.3) is 0 Å². The minimum absolute atomic E-state index is 0.207. The van der Waals surface area contributed by atoms with Gasteiger partial charge in [0.05, 0.1) is 24.1 Å². The van der Waals surface area contributed by atoms with E-state index >= 15 is 0 Å². The Morgan fingerprint density at radius 1 is 1.04 bits per heavy atom. The van der Waals surface area contributed by atoms with Crippen molar-refractivity contribution in [3.63, 3.8) is 0 Å². The van der Waals surface area contributed by atoms with Crippen LogP contribution in [-0.2, 0) is 4.74 Å². The molecule has 3 aromatic heterocycles. The summed E-state index contributed by atoms with van der Waals surface area (Å²) in [6.45, 7) is 5.89. The van der Waals surface area contributed by atoms with E-state index in [1.165, 1.54) is 0 Å². The number of rotatable bonds is 2. The maximum Gasteiger partial charge on any atom is 0.154 e. The van der Waals surface area contributed by atoms with Gasteiger partial charge in [-0.3, -0.25) is 4.98 Å². The summed E-state index contributed by atoms with van der Waals surface area (Å²) in [5.74, 6) is 0.952. The molecule has 0 saturated carbocycles. The standard InChI is InChI=1S/C17H19N5O/c1-12-10-21(11-13(2)23-12)17-4-3-16-19-9-15(22(16)20-17)14-5-7-18-8-6-14/h3-9,12-13H,10-11H2,1-2H3/t12-,13+. The van der Waals surface area contributed by atoms with Crippen LogP contribution in [0.25, 0.3) is 16.9 Å². The van der Waals surface area contributed by atoms with Gasteiger partial charge in [0.2, 0.25) is 0 Å². The molecule has 0 radical (unpaired) electrons. The first-order valence-electron chi connectivity index (χ1n) is 7.86. The molecule has 1 saturated heterocycles. The third-order valence-electron chi connectivity index (χ3n) is 4.07. The van der Waals surface area contributed by atoms with E-state index in [2.05, 4.69) is 28.7 Å². The van der Waals surface area contributed by atoms with Crippen LogP contribution in [0.4, 0.5) is 5.82 Å². The summed E-state index contributed by atoms with van der Waals surface area (Å²) in [5.41, 5.74) is 2.87. The highest BCUT2D eigenvalue weighted by Gasteiger charge is 2.23. The van der Waals surface area contributed by atoms with Crippen molar-refractivity contribution < 1.29 is 4.74 Å². The first-order chi connectivity index (χ1) is 11.2. The number of fused-ring (bicyclic) bond motifs is 1. The molecular formula is C17H19N5O. The average molecular weight is 309 g/mol. The van der Waals surface area contributed by atoms with Gasteiger partial charge >= 0.3 is 0 Å². The van der Waals surface area contributed by atoms with E-state index < -0.39 is 0 Å². The third-order valence-corrected chi connectivity index (χ3v) is 4.07. The summed E-state index contributed by atoms with van der Waals surface area (Å²) in [4.78, 5) is 10.8. The van der Waals surface area contributed by atoms with E-state index in [1.807, 2.05) is 35.0 Å². The number of ether oxygens (including phenoxy) is 1. The zero-order chi connectivity index (χ0) is 15.8. The Morgan fingerprint density at radius 3 is 2.52 bits per heavy atom. The van der Waals surface area contributed by atoms with Crippen LogP contribution in [0.5, 0.6) is 0 Å². The Balaban J connectivity index is 1.75. The maximum absolute atomic E-state index is 5.81. The Morgan fingerprint density at radius 2 is 1.78 bits per heavy atom. The summed E-state index contributed by atoms with van der Waals surface area (Å²) >= 11 is 0. The lowest BCUT2D eigenvalue weighted by molar-refractivity contribution is -0.00551. The molecule has 0 N–H and O–H groups in total. The topological polar surface area (TPSA) is 55.6 Å². The van der Waals surface area contributed by atoms with Gasteiger partial charge in [-0.25, -0.2) is 9.50 Å². The van der Waals surface area contributed by atoms with Gasteiger partial charge in [0.15, 0.2) is 5.65 Å². The molecule has 118 valence electrons. The number of imidazole rings is 1.